The van der Waals surface area contributed by atoms with Gasteiger partial charge in [0.2, 0.25) is 0 Å². The molecule has 1 aliphatic carbocycles. The van der Waals surface area contributed by atoms with Gasteiger partial charge in [-0.15, -0.1) is 0 Å². The van der Waals surface area contributed by atoms with Crippen molar-refractivity contribution >= 4 is 0 Å². The maximum absolute atomic E-state index is 3.60. The van der Waals surface area contributed by atoms with Gasteiger partial charge in [0.1, 0.15) is 0 Å². The molecule has 1 saturated carbocycles. The van der Waals surface area contributed by atoms with Crippen molar-refractivity contribution in [3.8, 4) is 0 Å². The summed E-state index contributed by atoms with van der Waals surface area (Å²) in [6.07, 6.45) is 10.0. The van der Waals surface area contributed by atoms with Crippen molar-refractivity contribution in [3.05, 3.63) is 0 Å². The minimum Gasteiger partial charge on any atom is -0.317 e. The molecule has 1 heteroatoms. The molecule has 1 N–H and O–H groups in total. The van der Waals surface area contributed by atoms with Crippen LogP contribution in [0.5, 0.6) is 0 Å². The third kappa shape index (κ3) is 6.52. The molecular weight excluding hydrogens is 194 g/mol. The first-order valence-electron chi connectivity index (χ1n) is 7.39. The molecule has 0 unspecified atom stereocenters. The normalized spacial score (nSPS) is 26.2. The molecule has 1 fully saturated rings. The Balaban J connectivity index is 1.87. The topological polar surface area (TPSA) is 12.0 Å². The summed E-state index contributed by atoms with van der Waals surface area (Å²) in [5, 5.41) is 3.60. The van der Waals surface area contributed by atoms with Gasteiger partial charge in [-0.05, 0) is 50.1 Å². The van der Waals surface area contributed by atoms with E-state index in [0.717, 1.165) is 17.8 Å². The fourth-order valence-corrected chi connectivity index (χ4v) is 2.68. The molecule has 0 amide bonds. The lowest BCUT2D eigenvalue weighted by atomic mass is 9.81. The van der Waals surface area contributed by atoms with Gasteiger partial charge in [0, 0.05) is 0 Å². The van der Waals surface area contributed by atoms with Crippen molar-refractivity contribution in [3.63, 3.8) is 0 Å². The lowest BCUT2D eigenvalue weighted by Gasteiger charge is -2.26. The van der Waals surface area contributed by atoms with E-state index in [1.54, 1.807) is 0 Å². The van der Waals surface area contributed by atoms with Crippen LogP contribution < -0.4 is 5.32 Å². The molecule has 0 aromatic rings. The Morgan fingerprint density at radius 3 is 2.38 bits per heavy atom. The number of nitrogens with one attached hydrogen (secondary N) is 1. The van der Waals surface area contributed by atoms with Crippen LogP contribution in [0.1, 0.15) is 65.7 Å². The first-order valence-corrected chi connectivity index (χ1v) is 7.39. The fraction of sp³-hybridized carbons (Fsp3) is 1.00. The van der Waals surface area contributed by atoms with Crippen LogP contribution in [0.15, 0.2) is 0 Å². The molecule has 0 aromatic heterocycles. The summed E-state index contributed by atoms with van der Waals surface area (Å²) in [6, 6.07) is 0. The molecule has 96 valence electrons. The van der Waals surface area contributed by atoms with Gasteiger partial charge < -0.3 is 5.32 Å². The highest BCUT2D eigenvalue weighted by molar-refractivity contribution is 4.70. The third-order valence-electron chi connectivity index (χ3n) is 4.00. The van der Waals surface area contributed by atoms with Crippen LogP contribution in [-0.4, -0.2) is 13.1 Å². The Morgan fingerprint density at radius 1 is 1.06 bits per heavy atom. The Morgan fingerprint density at radius 2 is 1.75 bits per heavy atom. The van der Waals surface area contributed by atoms with Gasteiger partial charge in [-0.3, -0.25) is 0 Å². The molecule has 0 aromatic carbocycles. The SMILES string of the molecule is CC(C)CCCNCCC1CCC(C)CC1. The highest BCUT2D eigenvalue weighted by Crippen LogP contribution is 2.29. The van der Waals surface area contributed by atoms with Crippen molar-refractivity contribution in [2.75, 3.05) is 13.1 Å². The van der Waals surface area contributed by atoms with Crippen LogP contribution in [-0.2, 0) is 0 Å². The zero-order valence-electron chi connectivity index (χ0n) is 11.6. The largest absolute Gasteiger partial charge is 0.317 e. The molecule has 0 bridgehead atoms. The molecule has 0 saturated heterocycles. The molecule has 1 nitrogen and oxygen atoms in total. The molecular formula is C15H31N. The first kappa shape index (κ1) is 14.0. The van der Waals surface area contributed by atoms with Crippen molar-refractivity contribution < 1.29 is 0 Å². The van der Waals surface area contributed by atoms with Gasteiger partial charge >= 0.3 is 0 Å². The Bertz CT molecular complexity index is 157. The highest BCUT2D eigenvalue weighted by Gasteiger charge is 2.17. The summed E-state index contributed by atoms with van der Waals surface area (Å²) in [5.41, 5.74) is 0. The highest BCUT2D eigenvalue weighted by atomic mass is 14.8. The summed E-state index contributed by atoms with van der Waals surface area (Å²) >= 11 is 0. The zero-order chi connectivity index (χ0) is 11.8. The van der Waals surface area contributed by atoms with E-state index in [0.29, 0.717) is 0 Å². The van der Waals surface area contributed by atoms with Gasteiger partial charge in [-0.1, -0.05) is 46.5 Å². The molecule has 0 radical (unpaired) electrons. The summed E-state index contributed by atoms with van der Waals surface area (Å²) in [4.78, 5) is 0. The number of hydrogen-bond acceptors (Lipinski definition) is 1. The minimum atomic E-state index is 0.863. The van der Waals surface area contributed by atoms with E-state index < -0.39 is 0 Å². The van der Waals surface area contributed by atoms with Gasteiger partial charge in [-0.25, -0.2) is 0 Å². The van der Waals surface area contributed by atoms with Gasteiger partial charge in [0.15, 0.2) is 0 Å². The van der Waals surface area contributed by atoms with Gasteiger partial charge in [-0.2, -0.15) is 0 Å². The monoisotopic (exact) mass is 225 g/mol. The van der Waals surface area contributed by atoms with Crippen LogP contribution in [0, 0.1) is 17.8 Å². The van der Waals surface area contributed by atoms with Crippen LogP contribution in [0.4, 0.5) is 0 Å². The lowest BCUT2D eigenvalue weighted by Crippen LogP contribution is -2.21. The molecule has 0 atom stereocenters. The second-order valence-corrected chi connectivity index (χ2v) is 6.20. The average Bonchev–Trinajstić information content (AvgIpc) is 2.25. The molecule has 0 spiro atoms. The van der Waals surface area contributed by atoms with E-state index in [-0.39, 0.29) is 0 Å². The van der Waals surface area contributed by atoms with Crippen LogP contribution in [0.25, 0.3) is 0 Å². The molecule has 1 rings (SSSR count). The van der Waals surface area contributed by atoms with Crippen molar-refractivity contribution in [1.29, 1.82) is 0 Å². The predicted molar refractivity (Wildman–Crippen MR) is 72.7 cm³/mol. The Hall–Kier alpha value is -0.0400. The molecule has 0 aliphatic heterocycles. The van der Waals surface area contributed by atoms with Crippen LogP contribution in [0.2, 0.25) is 0 Å². The van der Waals surface area contributed by atoms with E-state index in [1.165, 1.54) is 58.0 Å². The summed E-state index contributed by atoms with van der Waals surface area (Å²) in [7, 11) is 0. The smallest absolute Gasteiger partial charge is 0.00463 e. The minimum absolute atomic E-state index is 0.863. The third-order valence-corrected chi connectivity index (χ3v) is 4.00. The number of hydrogen-bond donors (Lipinski definition) is 1. The Kier molecular flexibility index (Phi) is 7.11. The Labute approximate surface area is 102 Å². The van der Waals surface area contributed by atoms with Crippen LogP contribution >= 0.6 is 0 Å². The van der Waals surface area contributed by atoms with Crippen molar-refractivity contribution in [1.82, 2.24) is 5.32 Å². The lowest BCUT2D eigenvalue weighted by molar-refractivity contribution is 0.275. The van der Waals surface area contributed by atoms with Crippen molar-refractivity contribution in [2.24, 2.45) is 17.8 Å². The fourth-order valence-electron chi connectivity index (χ4n) is 2.68. The summed E-state index contributed by atoms with van der Waals surface area (Å²) < 4.78 is 0. The van der Waals surface area contributed by atoms with E-state index in [2.05, 4.69) is 26.1 Å². The summed E-state index contributed by atoms with van der Waals surface area (Å²) in [6.45, 7) is 9.49. The first-order chi connectivity index (χ1) is 7.68. The zero-order valence-corrected chi connectivity index (χ0v) is 11.6. The standard InChI is InChI=1S/C15H31N/c1-13(2)5-4-11-16-12-10-15-8-6-14(3)7-9-15/h13-16H,4-12H2,1-3H3. The van der Waals surface area contributed by atoms with Gasteiger partial charge in [0.05, 0.1) is 0 Å². The number of rotatable bonds is 7. The maximum atomic E-state index is 3.60. The molecule has 1 aliphatic rings. The second-order valence-electron chi connectivity index (χ2n) is 6.20. The van der Waals surface area contributed by atoms with Gasteiger partial charge in [0.25, 0.3) is 0 Å². The van der Waals surface area contributed by atoms with E-state index in [9.17, 15) is 0 Å². The van der Waals surface area contributed by atoms with E-state index in [4.69, 9.17) is 0 Å². The van der Waals surface area contributed by atoms with Crippen molar-refractivity contribution in [2.45, 2.75) is 65.7 Å². The summed E-state index contributed by atoms with van der Waals surface area (Å²) in [5.74, 6) is 2.88. The van der Waals surface area contributed by atoms with E-state index in [1.807, 2.05) is 0 Å². The average molecular weight is 225 g/mol. The second kappa shape index (κ2) is 8.11. The maximum Gasteiger partial charge on any atom is -0.00463 e. The quantitative estimate of drug-likeness (QED) is 0.639. The molecule has 0 heterocycles. The molecule has 16 heavy (non-hydrogen) atoms. The predicted octanol–water partition coefficient (Wildman–Crippen LogP) is 4.23. The van der Waals surface area contributed by atoms with E-state index >= 15 is 0 Å². The van der Waals surface area contributed by atoms with Crippen LogP contribution in [0.3, 0.4) is 0 Å².